The molecule has 1 spiro atoms. The molecular formula is C34H39BrN2O6S. The lowest BCUT2D eigenvalue weighted by atomic mass is 9.48. The van der Waals surface area contributed by atoms with Gasteiger partial charge in [0.2, 0.25) is 5.91 Å². The van der Waals surface area contributed by atoms with Gasteiger partial charge in [0, 0.05) is 59.9 Å². The number of halogens is 1. The number of likely N-dealkylation sites (tertiary alicyclic amines) is 1. The molecule has 2 fully saturated rings. The minimum Gasteiger partial charge on any atom is -0.483 e. The van der Waals surface area contributed by atoms with E-state index in [-0.39, 0.29) is 29.9 Å². The van der Waals surface area contributed by atoms with Crippen molar-refractivity contribution in [2.75, 3.05) is 19.6 Å². The topological polar surface area (TPSA) is 85.4 Å². The minimum absolute atomic E-state index is 0.0824. The molecule has 234 valence electrons. The maximum absolute atomic E-state index is 14.1. The van der Waals surface area contributed by atoms with Crippen molar-refractivity contribution in [2.24, 2.45) is 5.92 Å². The van der Waals surface area contributed by atoms with Crippen LogP contribution in [-0.4, -0.2) is 71.1 Å². The number of thiophene rings is 1. The highest BCUT2D eigenvalue weighted by Gasteiger charge is 2.75. The van der Waals surface area contributed by atoms with Crippen molar-refractivity contribution < 1.29 is 28.6 Å². The molecule has 1 saturated heterocycles. The van der Waals surface area contributed by atoms with E-state index in [0.717, 1.165) is 27.0 Å². The minimum atomic E-state index is -0.875. The summed E-state index contributed by atoms with van der Waals surface area (Å²) in [5.41, 5.74) is 0.476. The third-order valence-electron chi connectivity index (χ3n) is 9.65. The van der Waals surface area contributed by atoms with Crippen LogP contribution in [0, 0.1) is 5.92 Å². The highest BCUT2D eigenvalue weighted by Crippen LogP contribution is 2.67. The van der Waals surface area contributed by atoms with Gasteiger partial charge >= 0.3 is 11.9 Å². The molecule has 0 unspecified atom stereocenters. The SMILES string of the molecule is C=CCN1CC[C@]23c4c5ccc(OC(C)=O)c4O[C@H]2[C@H](N(CC(C)C)C(=O)/C=C/c2cc(Br)cs2)CC[C@@]3(OC(C)=O)[C@H]1C5. The molecule has 5 atom stereocenters. The standard InChI is InChI=1S/C34H39BrN2O6S/c1-6-14-36-15-13-33-30-23-7-9-27(41-21(4)38)31(30)42-32(33)26(11-12-34(33,28(36)16-23)43-22(5)39)37(18-20(2)3)29(40)10-8-25-17-24(35)19-44-25/h6-10,17,19-20,26,28,32H,1,11-16,18H2,2-5H3/b10-8+/t26-,28-,32+,33+,34-/m1/s1. The van der Waals surface area contributed by atoms with E-state index in [0.29, 0.717) is 50.3 Å². The number of hydrogen-bond acceptors (Lipinski definition) is 8. The fraction of sp³-hybridized carbons (Fsp3) is 0.500. The fourth-order valence-corrected chi connectivity index (χ4v) is 9.75. The van der Waals surface area contributed by atoms with Gasteiger partial charge in [-0.25, -0.2) is 0 Å². The van der Waals surface area contributed by atoms with Crippen molar-refractivity contribution in [2.45, 2.75) is 82.6 Å². The largest absolute Gasteiger partial charge is 0.483 e. The summed E-state index contributed by atoms with van der Waals surface area (Å²) >= 11 is 5.06. The highest BCUT2D eigenvalue weighted by atomic mass is 79.9. The first-order chi connectivity index (χ1) is 21.0. The zero-order valence-electron chi connectivity index (χ0n) is 25.6. The Hall–Kier alpha value is -2.95. The van der Waals surface area contributed by atoms with Crippen molar-refractivity contribution in [1.29, 1.82) is 0 Å². The molecule has 0 radical (unpaired) electrons. The molecule has 8 nitrogen and oxygen atoms in total. The third kappa shape index (κ3) is 4.93. The number of ether oxygens (including phenoxy) is 3. The molecular weight excluding hydrogens is 644 g/mol. The van der Waals surface area contributed by atoms with E-state index in [1.807, 2.05) is 40.6 Å². The predicted octanol–water partition coefficient (Wildman–Crippen LogP) is 5.91. The van der Waals surface area contributed by atoms with E-state index in [4.69, 9.17) is 14.2 Å². The van der Waals surface area contributed by atoms with Gasteiger partial charge in [-0.3, -0.25) is 19.3 Å². The highest BCUT2D eigenvalue weighted by molar-refractivity contribution is 9.10. The van der Waals surface area contributed by atoms with E-state index in [9.17, 15) is 14.4 Å². The molecule has 6 rings (SSSR count). The number of esters is 2. The monoisotopic (exact) mass is 682 g/mol. The maximum atomic E-state index is 14.1. The average molecular weight is 684 g/mol. The number of carbonyl (C=O) groups is 3. The Morgan fingerprint density at radius 3 is 2.70 bits per heavy atom. The van der Waals surface area contributed by atoms with Crippen LogP contribution < -0.4 is 9.47 Å². The van der Waals surface area contributed by atoms with Crippen LogP contribution in [0.4, 0.5) is 0 Å². The second-order valence-corrected chi connectivity index (χ2v) is 14.6. The second kappa shape index (κ2) is 11.8. The van der Waals surface area contributed by atoms with Gasteiger partial charge in [-0.2, -0.15) is 0 Å². The molecule has 3 heterocycles. The third-order valence-corrected chi connectivity index (χ3v) is 11.3. The van der Waals surface area contributed by atoms with Crippen molar-refractivity contribution in [1.82, 2.24) is 9.80 Å². The zero-order valence-corrected chi connectivity index (χ0v) is 28.0. The average Bonchev–Trinajstić information content (AvgIpc) is 3.53. The number of carbonyl (C=O) groups excluding carboxylic acids is 3. The molecule has 1 amide bonds. The number of benzene rings is 1. The summed E-state index contributed by atoms with van der Waals surface area (Å²) in [6.45, 7) is 13.1. The van der Waals surface area contributed by atoms with Crippen molar-refractivity contribution in [3.63, 3.8) is 0 Å². The molecule has 1 aromatic heterocycles. The number of nitrogens with zero attached hydrogens (tertiary/aromatic N) is 2. The predicted molar refractivity (Wildman–Crippen MR) is 173 cm³/mol. The van der Waals surface area contributed by atoms with Gasteiger partial charge in [0.05, 0.1) is 17.5 Å². The van der Waals surface area contributed by atoms with Crippen LogP contribution in [0.15, 0.2) is 46.8 Å². The number of amides is 1. The molecule has 0 N–H and O–H groups in total. The normalized spacial score (nSPS) is 28.4. The van der Waals surface area contributed by atoms with Gasteiger partial charge in [-0.15, -0.1) is 17.9 Å². The van der Waals surface area contributed by atoms with Gasteiger partial charge < -0.3 is 19.1 Å². The summed E-state index contributed by atoms with van der Waals surface area (Å²) < 4.78 is 20.2. The van der Waals surface area contributed by atoms with Crippen LogP contribution in [0.1, 0.15) is 63.0 Å². The molecule has 2 bridgehead atoms. The van der Waals surface area contributed by atoms with Crippen LogP contribution in [0.25, 0.3) is 6.08 Å². The molecule has 2 aliphatic heterocycles. The van der Waals surface area contributed by atoms with E-state index in [1.165, 1.54) is 13.8 Å². The van der Waals surface area contributed by atoms with Crippen LogP contribution in [0.3, 0.4) is 0 Å². The van der Waals surface area contributed by atoms with Crippen LogP contribution in [0.2, 0.25) is 0 Å². The Kier molecular flexibility index (Phi) is 8.30. The summed E-state index contributed by atoms with van der Waals surface area (Å²) in [5.74, 6) is 0.271. The number of piperidine rings is 1. The summed E-state index contributed by atoms with van der Waals surface area (Å²) in [6.07, 6.45) is 7.43. The first kappa shape index (κ1) is 31.0. The molecule has 4 aliphatic rings. The first-order valence-electron chi connectivity index (χ1n) is 15.3. The Labute approximate surface area is 271 Å². The van der Waals surface area contributed by atoms with Crippen molar-refractivity contribution >= 4 is 51.2 Å². The zero-order chi connectivity index (χ0) is 31.4. The molecule has 2 aromatic rings. The van der Waals surface area contributed by atoms with Gasteiger partial charge in [-0.05, 0) is 71.3 Å². The smallest absolute Gasteiger partial charge is 0.308 e. The molecule has 10 heteroatoms. The lowest BCUT2D eigenvalue weighted by Gasteiger charge is -2.65. The van der Waals surface area contributed by atoms with E-state index >= 15 is 0 Å². The number of hydrogen-bond donors (Lipinski definition) is 0. The molecule has 44 heavy (non-hydrogen) atoms. The Balaban J connectivity index is 1.51. The van der Waals surface area contributed by atoms with Crippen LogP contribution in [-0.2, 0) is 31.0 Å². The Morgan fingerprint density at radius 1 is 1.25 bits per heavy atom. The fourth-order valence-electron chi connectivity index (χ4n) is 8.41. The summed E-state index contributed by atoms with van der Waals surface area (Å²) in [7, 11) is 0. The van der Waals surface area contributed by atoms with E-state index in [2.05, 4.69) is 41.3 Å². The summed E-state index contributed by atoms with van der Waals surface area (Å²) in [4.78, 5) is 44.5. The van der Waals surface area contributed by atoms with Gasteiger partial charge in [0.25, 0.3) is 0 Å². The maximum Gasteiger partial charge on any atom is 0.308 e. The Morgan fingerprint density at radius 2 is 2.05 bits per heavy atom. The number of rotatable bonds is 9. The van der Waals surface area contributed by atoms with Crippen LogP contribution >= 0.6 is 27.3 Å². The lowest BCUT2D eigenvalue weighted by Crippen LogP contribution is -2.79. The van der Waals surface area contributed by atoms with E-state index in [1.54, 1.807) is 17.4 Å². The van der Waals surface area contributed by atoms with Crippen molar-refractivity contribution in [3.05, 3.63) is 62.8 Å². The van der Waals surface area contributed by atoms with Crippen LogP contribution in [0.5, 0.6) is 11.5 Å². The van der Waals surface area contributed by atoms with Gasteiger partial charge in [0.1, 0.15) is 11.7 Å². The Bertz CT molecular complexity index is 1540. The second-order valence-electron chi connectivity index (χ2n) is 12.8. The first-order valence-corrected chi connectivity index (χ1v) is 17.0. The van der Waals surface area contributed by atoms with Gasteiger partial charge in [0.15, 0.2) is 11.5 Å². The molecule has 1 aromatic carbocycles. The van der Waals surface area contributed by atoms with Gasteiger partial charge in [-0.1, -0.05) is 26.0 Å². The summed E-state index contributed by atoms with van der Waals surface area (Å²) in [5, 5.41) is 1.99. The summed E-state index contributed by atoms with van der Waals surface area (Å²) in [6, 6.07) is 5.44. The lowest BCUT2D eigenvalue weighted by molar-refractivity contribution is -0.223. The molecule has 1 saturated carbocycles. The van der Waals surface area contributed by atoms with E-state index < -0.39 is 23.1 Å². The quantitative estimate of drug-likeness (QED) is 0.141. The van der Waals surface area contributed by atoms with Crippen molar-refractivity contribution in [3.8, 4) is 11.5 Å². The molecule has 2 aliphatic carbocycles.